The molecule has 0 saturated heterocycles. The minimum Gasteiger partial charge on any atom is -0.493 e. The van der Waals surface area contributed by atoms with Crippen LogP contribution in [-0.4, -0.2) is 45.4 Å². The van der Waals surface area contributed by atoms with Gasteiger partial charge in [0, 0.05) is 30.6 Å². The summed E-state index contributed by atoms with van der Waals surface area (Å²) in [5.41, 5.74) is 5.26. The number of hydrogen-bond donors (Lipinski definition) is 0. The van der Waals surface area contributed by atoms with Crippen LogP contribution in [0.1, 0.15) is 41.1 Å². The number of ether oxygens (including phenoxy) is 4. The van der Waals surface area contributed by atoms with E-state index in [9.17, 15) is 0 Å². The zero-order chi connectivity index (χ0) is 19.1. The van der Waals surface area contributed by atoms with Gasteiger partial charge in [0.2, 0.25) is 0 Å². The van der Waals surface area contributed by atoms with Crippen LogP contribution in [0.2, 0.25) is 0 Å². The highest BCUT2D eigenvalue weighted by Gasteiger charge is 2.39. The van der Waals surface area contributed by atoms with Gasteiger partial charge >= 0.3 is 0 Å². The number of methoxy groups -OCH3 is 4. The molecule has 2 atom stereocenters. The standard InChI is InChI=1S/C22H27NO4.ClH.H2O/c1-13-15-6-7-18(24-2)22(27-5)17(15)12-23-9-8-14-10-19(25-3)20(26-4)11-16(14)21(13)23;;/h6-7,10-11,13,21H,8-9,12H2,1-5H3;1H;1H2/t13-,21+;;/m0../s1. The maximum atomic E-state index is 5.71. The molecule has 0 radical (unpaired) electrons. The van der Waals surface area contributed by atoms with Crippen molar-refractivity contribution in [3.63, 3.8) is 0 Å². The van der Waals surface area contributed by atoms with Crippen molar-refractivity contribution in [2.75, 3.05) is 35.0 Å². The summed E-state index contributed by atoms with van der Waals surface area (Å²) in [4.78, 5) is 2.54. The van der Waals surface area contributed by atoms with Crippen molar-refractivity contribution in [2.24, 2.45) is 0 Å². The van der Waals surface area contributed by atoms with Crippen molar-refractivity contribution in [3.05, 3.63) is 46.5 Å². The molecule has 7 heteroatoms. The first-order valence-corrected chi connectivity index (χ1v) is 9.35. The van der Waals surface area contributed by atoms with Crippen molar-refractivity contribution >= 4 is 12.4 Å². The second-order valence-electron chi connectivity index (χ2n) is 7.23. The average Bonchev–Trinajstić information content (AvgIpc) is 2.71. The van der Waals surface area contributed by atoms with E-state index in [4.69, 9.17) is 18.9 Å². The minimum absolute atomic E-state index is 0. The Morgan fingerprint density at radius 3 is 2.14 bits per heavy atom. The van der Waals surface area contributed by atoms with Gasteiger partial charge in [-0.25, -0.2) is 0 Å². The molecule has 0 fully saturated rings. The monoisotopic (exact) mass is 423 g/mol. The van der Waals surface area contributed by atoms with Gasteiger partial charge in [-0.2, -0.15) is 0 Å². The molecule has 0 spiro atoms. The summed E-state index contributed by atoms with van der Waals surface area (Å²) in [6, 6.07) is 8.82. The fraction of sp³-hybridized carbons (Fsp3) is 0.455. The van der Waals surface area contributed by atoms with E-state index in [0.717, 1.165) is 42.5 Å². The number of halogens is 1. The second-order valence-corrected chi connectivity index (χ2v) is 7.23. The summed E-state index contributed by atoms with van der Waals surface area (Å²) in [6.45, 7) is 4.17. The van der Waals surface area contributed by atoms with Crippen molar-refractivity contribution < 1.29 is 24.4 Å². The minimum atomic E-state index is 0. The molecule has 2 heterocycles. The molecule has 0 saturated carbocycles. The van der Waals surface area contributed by atoms with Crippen LogP contribution in [0, 0.1) is 0 Å². The predicted octanol–water partition coefficient (Wildman–Crippen LogP) is 3.53. The summed E-state index contributed by atoms with van der Waals surface area (Å²) in [6.07, 6.45) is 1.00. The van der Waals surface area contributed by atoms with Crippen LogP contribution in [-0.2, 0) is 13.0 Å². The highest BCUT2D eigenvalue weighted by Crippen LogP contribution is 2.50. The molecule has 0 bridgehead atoms. The third kappa shape index (κ3) is 3.61. The van der Waals surface area contributed by atoms with Crippen molar-refractivity contribution in [1.82, 2.24) is 4.90 Å². The van der Waals surface area contributed by atoms with Gasteiger partial charge in [-0.1, -0.05) is 13.0 Å². The largest absolute Gasteiger partial charge is 0.493 e. The quantitative estimate of drug-likeness (QED) is 0.752. The molecule has 2 aromatic carbocycles. The number of benzene rings is 2. The van der Waals surface area contributed by atoms with E-state index in [1.807, 2.05) is 6.07 Å². The van der Waals surface area contributed by atoms with Crippen LogP contribution in [0.4, 0.5) is 0 Å². The molecule has 0 aromatic heterocycles. The highest BCUT2D eigenvalue weighted by atomic mass is 35.5. The smallest absolute Gasteiger partial charge is 0.165 e. The fourth-order valence-electron chi connectivity index (χ4n) is 4.76. The molecule has 29 heavy (non-hydrogen) atoms. The SMILES string of the molecule is COc1cc2c(cc1OC)[C@H]1[C@@H](C)c3ccc(OC)c(OC)c3CN1CC2.Cl.O. The van der Waals surface area contributed by atoms with Crippen molar-refractivity contribution in [2.45, 2.75) is 31.8 Å². The first-order chi connectivity index (χ1) is 13.1. The van der Waals surface area contributed by atoms with Gasteiger partial charge in [-0.3, -0.25) is 4.90 Å². The fourth-order valence-corrected chi connectivity index (χ4v) is 4.76. The van der Waals surface area contributed by atoms with Crippen molar-refractivity contribution in [1.29, 1.82) is 0 Å². The van der Waals surface area contributed by atoms with Gasteiger partial charge in [-0.05, 0) is 41.3 Å². The van der Waals surface area contributed by atoms with Crippen LogP contribution in [0.25, 0.3) is 0 Å². The lowest BCUT2D eigenvalue weighted by molar-refractivity contribution is 0.136. The maximum Gasteiger partial charge on any atom is 0.165 e. The van der Waals surface area contributed by atoms with Crippen LogP contribution in [0.5, 0.6) is 23.0 Å². The lowest BCUT2D eigenvalue weighted by Gasteiger charge is -2.45. The van der Waals surface area contributed by atoms with Gasteiger partial charge in [0.15, 0.2) is 23.0 Å². The number of rotatable bonds is 4. The molecular formula is C22H30ClNO5. The summed E-state index contributed by atoms with van der Waals surface area (Å²) < 4.78 is 22.3. The number of fused-ring (bicyclic) bond motifs is 4. The molecule has 2 aliphatic heterocycles. The highest BCUT2D eigenvalue weighted by molar-refractivity contribution is 5.85. The number of nitrogens with zero attached hydrogens (tertiary/aromatic N) is 1. The van der Waals surface area contributed by atoms with Crippen LogP contribution in [0.3, 0.4) is 0 Å². The Balaban J connectivity index is 0.00000150. The Morgan fingerprint density at radius 2 is 1.52 bits per heavy atom. The normalized spacial score (nSPS) is 19.5. The third-order valence-corrected chi connectivity index (χ3v) is 6.04. The van der Waals surface area contributed by atoms with Crippen LogP contribution in [0.15, 0.2) is 24.3 Å². The number of hydrogen-bond acceptors (Lipinski definition) is 5. The lowest BCUT2D eigenvalue weighted by atomic mass is 9.77. The van der Waals surface area contributed by atoms with Crippen molar-refractivity contribution in [3.8, 4) is 23.0 Å². The molecule has 6 nitrogen and oxygen atoms in total. The summed E-state index contributed by atoms with van der Waals surface area (Å²) in [7, 11) is 6.80. The predicted molar refractivity (Wildman–Crippen MR) is 115 cm³/mol. The lowest BCUT2D eigenvalue weighted by Crippen LogP contribution is -2.41. The van der Waals surface area contributed by atoms with E-state index in [2.05, 4.69) is 30.0 Å². The molecule has 160 valence electrons. The van der Waals surface area contributed by atoms with Gasteiger partial charge in [0.1, 0.15) is 0 Å². The van der Waals surface area contributed by atoms with E-state index in [-0.39, 0.29) is 17.9 Å². The molecule has 2 N–H and O–H groups in total. The molecule has 2 aromatic rings. The summed E-state index contributed by atoms with van der Waals surface area (Å²) in [5, 5.41) is 0. The molecule has 2 aliphatic rings. The van der Waals surface area contributed by atoms with Gasteiger partial charge in [0.05, 0.1) is 28.4 Å². The van der Waals surface area contributed by atoms with E-state index < -0.39 is 0 Å². The van der Waals surface area contributed by atoms with E-state index in [1.165, 1.54) is 22.3 Å². The van der Waals surface area contributed by atoms with Gasteiger partial charge in [-0.15, -0.1) is 12.4 Å². The van der Waals surface area contributed by atoms with E-state index in [0.29, 0.717) is 12.0 Å². The summed E-state index contributed by atoms with van der Waals surface area (Å²) in [5.74, 6) is 3.60. The Hall–Kier alpha value is -2.15. The van der Waals surface area contributed by atoms with E-state index in [1.54, 1.807) is 28.4 Å². The summed E-state index contributed by atoms with van der Waals surface area (Å²) >= 11 is 0. The third-order valence-electron chi connectivity index (χ3n) is 6.04. The average molecular weight is 424 g/mol. The molecular weight excluding hydrogens is 394 g/mol. The zero-order valence-electron chi connectivity index (χ0n) is 17.6. The molecule has 0 unspecified atom stereocenters. The Kier molecular flexibility index (Phi) is 7.27. The Morgan fingerprint density at radius 1 is 0.862 bits per heavy atom. The topological polar surface area (TPSA) is 71.7 Å². The Bertz CT molecular complexity index is 873. The van der Waals surface area contributed by atoms with Gasteiger partial charge in [0.25, 0.3) is 0 Å². The van der Waals surface area contributed by atoms with Crippen LogP contribution < -0.4 is 18.9 Å². The molecule has 4 rings (SSSR count). The molecule has 0 amide bonds. The van der Waals surface area contributed by atoms with Gasteiger partial charge < -0.3 is 24.4 Å². The van der Waals surface area contributed by atoms with E-state index >= 15 is 0 Å². The first-order valence-electron chi connectivity index (χ1n) is 9.35. The van der Waals surface area contributed by atoms with Crippen LogP contribution >= 0.6 is 12.4 Å². The molecule has 0 aliphatic carbocycles. The maximum absolute atomic E-state index is 5.71. The zero-order valence-corrected chi connectivity index (χ0v) is 18.4. The second kappa shape index (κ2) is 9.11. The Labute approximate surface area is 178 Å². The first kappa shape index (κ1) is 23.1.